The minimum atomic E-state index is -0.950. The van der Waals surface area contributed by atoms with E-state index in [9.17, 15) is 10.2 Å². The van der Waals surface area contributed by atoms with Gasteiger partial charge in [-0.1, -0.05) is 18.6 Å². The summed E-state index contributed by atoms with van der Waals surface area (Å²) in [5, 5.41) is 22.4. The lowest BCUT2D eigenvalue weighted by atomic mass is 9.53. The lowest BCUT2D eigenvalue weighted by molar-refractivity contribution is -0.226. The van der Waals surface area contributed by atoms with Crippen molar-refractivity contribution in [1.82, 2.24) is 0 Å². The van der Waals surface area contributed by atoms with Gasteiger partial charge in [0, 0.05) is 24.9 Å². The quantitative estimate of drug-likeness (QED) is 0.719. The first kappa shape index (κ1) is 19.9. The first-order valence-electron chi connectivity index (χ1n) is 12.1. The average Bonchev–Trinajstić information content (AvgIpc) is 3.48. The summed E-state index contributed by atoms with van der Waals surface area (Å²) in [6.45, 7) is 4.29. The molecule has 6 rings (SSSR count). The van der Waals surface area contributed by atoms with Crippen molar-refractivity contribution >= 4 is 0 Å². The summed E-state index contributed by atoms with van der Waals surface area (Å²) in [5.41, 5.74) is 2.71. The van der Waals surface area contributed by atoms with Gasteiger partial charge in [-0.25, -0.2) is 0 Å². The standard InChI is InChI=1S/C25H36O5/c1-22-9-5-19-18-6-10-24(29-13-14-30-24)15-17(18)3-4-20(19)21(22)7-11-25(22,27)23(16-26)8-2-12-28-23/h5,20-21,26-27H,2-4,6-16H2,1H3/t20?,21?,22-,23?,25+/m0/s1. The van der Waals surface area contributed by atoms with E-state index in [-0.39, 0.29) is 17.8 Å². The number of aliphatic hydroxyl groups is 2. The van der Waals surface area contributed by atoms with E-state index < -0.39 is 11.2 Å². The summed E-state index contributed by atoms with van der Waals surface area (Å²) in [6, 6.07) is 0. The smallest absolute Gasteiger partial charge is 0.172 e. The summed E-state index contributed by atoms with van der Waals surface area (Å²) in [5.74, 6) is 0.628. The molecule has 1 spiro atoms. The van der Waals surface area contributed by atoms with Gasteiger partial charge in [0.2, 0.25) is 0 Å². The van der Waals surface area contributed by atoms with Crippen LogP contribution in [0.25, 0.3) is 0 Å². The second-order valence-corrected chi connectivity index (χ2v) is 10.9. The Hall–Kier alpha value is -0.720. The first-order valence-corrected chi connectivity index (χ1v) is 12.1. The highest BCUT2D eigenvalue weighted by molar-refractivity contribution is 5.45. The van der Waals surface area contributed by atoms with Crippen molar-refractivity contribution in [2.24, 2.45) is 17.3 Å². The summed E-state index contributed by atoms with van der Waals surface area (Å²) in [6.07, 6.45) is 12.0. The second-order valence-electron chi connectivity index (χ2n) is 10.9. The van der Waals surface area contributed by atoms with Crippen molar-refractivity contribution in [1.29, 1.82) is 0 Å². The van der Waals surface area contributed by atoms with Crippen LogP contribution in [0.2, 0.25) is 0 Å². The molecule has 0 radical (unpaired) electrons. The SMILES string of the molecule is C[C@]12CC=C3C4=C(CCC3C1CC[C@]2(O)C1(CO)CCCO1)CC1(CC4)OCCO1. The minimum absolute atomic E-state index is 0.0789. The number of fused-ring (bicyclic) bond motifs is 4. The molecule has 5 nitrogen and oxygen atoms in total. The van der Waals surface area contributed by atoms with Gasteiger partial charge in [0.25, 0.3) is 0 Å². The molecule has 0 aromatic carbocycles. The molecular weight excluding hydrogens is 380 g/mol. The summed E-state index contributed by atoms with van der Waals surface area (Å²) in [4.78, 5) is 0. The maximum absolute atomic E-state index is 12.1. The highest BCUT2D eigenvalue weighted by atomic mass is 16.7. The summed E-state index contributed by atoms with van der Waals surface area (Å²) in [7, 11) is 0. The lowest BCUT2D eigenvalue weighted by Gasteiger charge is -2.55. The molecule has 2 saturated heterocycles. The third-order valence-corrected chi connectivity index (χ3v) is 9.91. The number of aliphatic hydroxyl groups excluding tert-OH is 1. The molecule has 1 saturated carbocycles. The van der Waals surface area contributed by atoms with Crippen molar-refractivity contribution < 1.29 is 24.4 Å². The van der Waals surface area contributed by atoms with E-state index in [4.69, 9.17) is 14.2 Å². The van der Waals surface area contributed by atoms with E-state index in [0.717, 1.165) is 77.4 Å². The van der Waals surface area contributed by atoms with Crippen molar-refractivity contribution in [3.63, 3.8) is 0 Å². The molecule has 4 aliphatic carbocycles. The van der Waals surface area contributed by atoms with Crippen LogP contribution >= 0.6 is 0 Å². The average molecular weight is 417 g/mol. The Kier molecular flexibility index (Phi) is 4.41. The van der Waals surface area contributed by atoms with Gasteiger partial charge in [-0.3, -0.25) is 0 Å². The third-order valence-electron chi connectivity index (χ3n) is 9.91. The number of allylic oxidation sites excluding steroid dienone is 3. The van der Waals surface area contributed by atoms with Crippen LogP contribution in [0.5, 0.6) is 0 Å². The highest BCUT2D eigenvalue weighted by Gasteiger charge is 2.69. The Morgan fingerprint density at radius 1 is 1.03 bits per heavy atom. The molecule has 0 aromatic rings. The van der Waals surface area contributed by atoms with Gasteiger partial charge in [-0.2, -0.15) is 0 Å². The molecule has 6 aliphatic rings. The van der Waals surface area contributed by atoms with Gasteiger partial charge >= 0.3 is 0 Å². The molecule has 5 atom stereocenters. The summed E-state index contributed by atoms with van der Waals surface area (Å²) >= 11 is 0. The number of rotatable bonds is 2. The van der Waals surface area contributed by atoms with Crippen LogP contribution in [-0.2, 0) is 14.2 Å². The zero-order chi connectivity index (χ0) is 20.6. The summed E-state index contributed by atoms with van der Waals surface area (Å²) < 4.78 is 18.1. The Labute approximate surface area is 179 Å². The fourth-order valence-corrected chi connectivity index (χ4v) is 8.34. The molecule has 0 bridgehead atoms. The van der Waals surface area contributed by atoms with Gasteiger partial charge in [0.15, 0.2) is 5.79 Å². The zero-order valence-corrected chi connectivity index (χ0v) is 18.3. The lowest BCUT2D eigenvalue weighted by Crippen LogP contribution is -2.64. The van der Waals surface area contributed by atoms with Crippen LogP contribution < -0.4 is 0 Å². The molecule has 2 heterocycles. The molecule has 2 N–H and O–H groups in total. The van der Waals surface area contributed by atoms with Crippen LogP contribution in [0, 0.1) is 17.3 Å². The monoisotopic (exact) mass is 416 g/mol. The number of ether oxygens (including phenoxy) is 3. The van der Waals surface area contributed by atoms with Gasteiger partial charge in [0.1, 0.15) is 11.2 Å². The molecule has 0 amide bonds. The minimum Gasteiger partial charge on any atom is -0.393 e. The Balaban J connectivity index is 1.34. The van der Waals surface area contributed by atoms with Gasteiger partial charge in [-0.05, 0) is 74.3 Å². The van der Waals surface area contributed by atoms with Crippen LogP contribution in [0.3, 0.4) is 0 Å². The van der Waals surface area contributed by atoms with Gasteiger partial charge in [-0.15, -0.1) is 0 Å². The maximum Gasteiger partial charge on any atom is 0.172 e. The second kappa shape index (κ2) is 6.64. The largest absolute Gasteiger partial charge is 0.393 e. The van der Waals surface area contributed by atoms with E-state index in [2.05, 4.69) is 13.0 Å². The van der Waals surface area contributed by atoms with Crippen molar-refractivity contribution in [2.45, 2.75) is 88.1 Å². The highest BCUT2D eigenvalue weighted by Crippen LogP contribution is 2.66. The third kappa shape index (κ3) is 2.42. The van der Waals surface area contributed by atoms with Crippen molar-refractivity contribution in [3.05, 3.63) is 22.8 Å². The normalized spacial score (nSPS) is 47.2. The number of hydrogen-bond acceptors (Lipinski definition) is 5. The molecule has 5 heteroatoms. The predicted octanol–water partition coefficient (Wildman–Crippen LogP) is 3.64. The molecule has 30 heavy (non-hydrogen) atoms. The van der Waals surface area contributed by atoms with Crippen LogP contribution in [0.15, 0.2) is 22.8 Å². The van der Waals surface area contributed by atoms with Crippen molar-refractivity contribution in [3.8, 4) is 0 Å². The van der Waals surface area contributed by atoms with E-state index in [1.54, 1.807) is 16.7 Å². The van der Waals surface area contributed by atoms with Crippen molar-refractivity contribution in [2.75, 3.05) is 26.4 Å². The number of hydrogen-bond donors (Lipinski definition) is 2. The molecule has 166 valence electrons. The maximum atomic E-state index is 12.1. The van der Waals surface area contributed by atoms with E-state index in [1.807, 2.05) is 0 Å². The van der Waals surface area contributed by atoms with Gasteiger partial charge in [0.05, 0.1) is 19.8 Å². The Bertz CT molecular complexity index is 787. The Morgan fingerprint density at radius 3 is 2.60 bits per heavy atom. The molecule has 3 fully saturated rings. The molecule has 3 unspecified atom stereocenters. The fraction of sp³-hybridized carbons (Fsp3) is 0.840. The Morgan fingerprint density at radius 2 is 1.87 bits per heavy atom. The van der Waals surface area contributed by atoms with E-state index in [0.29, 0.717) is 18.4 Å². The zero-order valence-electron chi connectivity index (χ0n) is 18.3. The first-order chi connectivity index (χ1) is 14.5. The van der Waals surface area contributed by atoms with E-state index >= 15 is 0 Å². The van der Waals surface area contributed by atoms with Gasteiger partial charge < -0.3 is 24.4 Å². The molecule has 2 aliphatic heterocycles. The fourth-order valence-electron chi connectivity index (χ4n) is 8.34. The van der Waals surface area contributed by atoms with E-state index in [1.165, 1.54) is 0 Å². The molecule has 0 aromatic heterocycles. The molecular formula is C25H36O5. The van der Waals surface area contributed by atoms with Crippen LogP contribution in [0.4, 0.5) is 0 Å². The topological polar surface area (TPSA) is 68.2 Å². The van der Waals surface area contributed by atoms with Crippen LogP contribution in [0.1, 0.15) is 71.1 Å². The predicted molar refractivity (Wildman–Crippen MR) is 112 cm³/mol. The van der Waals surface area contributed by atoms with Crippen LogP contribution in [-0.4, -0.2) is 53.6 Å².